The molecule has 0 aliphatic heterocycles. The van der Waals surface area contributed by atoms with Gasteiger partial charge in [-0.3, -0.25) is 9.59 Å². The minimum Gasteiger partial charge on any atom is -0.489 e. The molecule has 1 aromatic heterocycles. The Morgan fingerprint density at radius 1 is 1.03 bits per heavy atom. The zero-order valence-electron chi connectivity index (χ0n) is 20.2. The Labute approximate surface area is 204 Å². The molecule has 1 heterocycles. The van der Waals surface area contributed by atoms with Crippen LogP contribution in [0.25, 0.3) is 22.1 Å². The highest BCUT2D eigenvalue weighted by Crippen LogP contribution is 2.34. The van der Waals surface area contributed by atoms with Gasteiger partial charge in [-0.05, 0) is 67.3 Å². The van der Waals surface area contributed by atoms with Gasteiger partial charge in [-0.2, -0.15) is 0 Å². The third-order valence-electron chi connectivity index (χ3n) is 5.91. The molecule has 0 aliphatic carbocycles. The van der Waals surface area contributed by atoms with Gasteiger partial charge in [0.1, 0.15) is 17.9 Å². The summed E-state index contributed by atoms with van der Waals surface area (Å²) in [4.78, 5) is 24.1. The number of aryl methyl sites for hydroxylation is 1. The Hall–Kier alpha value is -3.90. The molecule has 3 aromatic carbocycles. The normalized spacial score (nSPS) is 11.0. The molecule has 180 valence electrons. The highest BCUT2D eigenvalue weighted by molar-refractivity contribution is 5.95. The van der Waals surface area contributed by atoms with Crippen LogP contribution in [0.3, 0.4) is 0 Å². The van der Waals surface area contributed by atoms with Gasteiger partial charge >= 0.3 is 5.97 Å². The van der Waals surface area contributed by atoms with Crippen molar-refractivity contribution in [2.24, 2.45) is 5.73 Å². The molecular weight excluding hydrogens is 442 g/mol. The number of esters is 1. The van der Waals surface area contributed by atoms with Crippen LogP contribution in [0.4, 0.5) is 0 Å². The SMILES string of the molecule is CCOC(=O)Cc1ccc(C(C)=O)cc1OCc1cc(-c2cccc(CN)c2)c2occ(C)c2c1. The fourth-order valence-corrected chi connectivity index (χ4v) is 4.07. The molecule has 0 spiro atoms. The topological polar surface area (TPSA) is 91.8 Å². The molecule has 0 saturated heterocycles. The van der Waals surface area contributed by atoms with Crippen molar-refractivity contribution in [1.82, 2.24) is 0 Å². The number of rotatable bonds is 9. The molecule has 0 amide bonds. The van der Waals surface area contributed by atoms with E-state index in [1.54, 1.807) is 31.4 Å². The van der Waals surface area contributed by atoms with Crippen molar-refractivity contribution in [1.29, 1.82) is 0 Å². The van der Waals surface area contributed by atoms with Gasteiger partial charge in [-0.1, -0.05) is 30.3 Å². The number of carbonyl (C=O) groups excluding carboxylic acids is 2. The first-order valence-electron chi connectivity index (χ1n) is 11.6. The molecule has 0 fully saturated rings. The molecule has 0 aliphatic rings. The predicted octanol–water partition coefficient (Wildman–Crippen LogP) is 5.75. The first-order valence-corrected chi connectivity index (χ1v) is 11.6. The number of ketones is 1. The molecule has 4 rings (SSSR count). The minimum absolute atomic E-state index is 0.0678. The van der Waals surface area contributed by atoms with Crippen LogP contribution >= 0.6 is 0 Å². The van der Waals surface area contributed by atoms with Crippen molar-refractivity contribution in [2.45, 2.75) is 40.3 Å². The summed E-state index contributed by atoms with van der Waals surface area (Å²) in [7, 11) is 0. The molecule has 6 heteroatoms. The number of hydrogen-bond donors (Lipinski definition) is 1. The van der Waals surface area contributed by atoms with Crippen molar-refractivity contribution in [3.8, 4) is 16.9 Å². The maximum absolute atomic E-state index is 12.1. The predicted molar refractivity (Wildman–Crippen MR) is 135 cm³/mol. The van der Waals surface area contributed by atoms with E-state index >= 15 is 0 Å². The summed E-state index contributed by atoms with van der Waals surface area (Å²) < 4.78 is 17.2. The van der Waals surface area contributed by atoms with E-state index in [9.17, 15) is 9.59 Å². The second-order valence-electron chi connectivity index (χ2n) is 8.49. The molecular formula is C29H29NO5. The first-order chi connectivity index (χ1) is 16.9. The van der Waals surface area contributed by atoms with E-state index in [1.807, 2.05) is 37.3 Å². The van der Waals surface area contributed by atoms with Gasteiger partial charge in [-0.15, -0.1) is 0 Å². The van der Waals surface area contributed by atoms with E-state index in [0.29, 0.717) is 30.0 Å². The maximum atomic E-state index is 12.1. The highest BCUT2D eigenvalue weighted by Gasteiger charge is 2.15. The third kappa shape index (κ3) is 5.44. The highest BCUT2D eigenvalue weighted by atomic mass is 16.5. The van der Waals surface area contributed by atoms with E-state index < -0.39 is 0 Å². The Morgan fingerprint density at radius 2 is 1.86 bits per heavy atom. The Morgan fingerprint density at radius 3 is 2.60 bits per heavy atom. The largest absolute Gasteiger partial charge is 0.489 e. The maximum Gasteiger partial charge on any atom is 0.310 e. The van der Waals surface area contributed by atoms with E-state index in [1.165, 1.54) is 6.92 Å². The van der Waals surface area contributed by atoms with Crippen molar-refractivity contribution >= 4 is 22.7 Å². The number of Topliss-reactive ketones (excluding diaryl/α,β-unsaturated/α-hetero) is 1. The van der Waals surface area contributed by atoms with Gasteiger partial charge in [-0.25, -0.2) is 0 Å². The van der Waals surface area contributed by atoms with Gasteiger partial charge in [0.2, 0.25) is 0 Å². The van der Waals surface area contributed by atoms with Crippen LogP contribution in [0.15, 0.2) is 65.3 Å². The molecule has 0 unspecified atom stereocenters. The number of benzene rings is 3. The summed E-state index contributed by atoms with van der Waals surface area (Å²) in [5.74, 6) is 0.0712. The molecule has 6 nitrogen and oxygen atoms in total. The lowest BCUT2D eigenvalue weighted by Gasteiger charge is -2.14. The van der Waals surface area contributed by atoms with Crippen molar-refractivity contribution in [3.05, 3.63) is 88.7 Å². The summed E-state index contributed by atoms with van der Waals surface area (Å²) in [6.45, 7) is 6.28. The van der Waals surface area contributed by atoms with Gasteiger partial charge in [0.15, 0.2) is 5.78 Å². The molecule has 0 saturated carbocycles. The monoisotopic (exact) mass is 471 g/mol. The lowest BCUT2D eigenvalue weighted by atomic mass is 9.98. The van der Waals surface area contributed by atoms with Crippen LogP contribution in [0.1, 0.15) is 46.5 Å². The number of nitrogens with two attached hydrogens (primary N) is 1. The summed E-state index contributed by atoms with van der Waals surface area (Å²) in [6, 6.07) is 17.3. The van der Waals surface area contributed by atoms with Crippen LogP contribution in [0, 0.1) is 6.92 Å². The lowest BCUT2D eigenvalue weighted by molar-refractivity contribution is -0.142. The van der Waals surface area contributed by atoms with Gasteiger partial charge in [0.25, 0.3) is 0 Å². The summed E-state index contributed by atoms with van der Waals surface area (Å²) in [6.07, 6.45) is 1.82. The molecule has 0 atom stereocenters. The molecule has 35 heavy (non-hydrogen) atoms. The van der Waals surface area contributed by atoms with Crippen LogP contribution in [0.2, 0.25) is 0 Å². The first kappa shape index (κ1) is 24.2. The fraction of sp³-hybridized carbons (Fsp3) is 0.241. The van der Waals surface area contributed by atoms with Crippen LogP contribution in [-0.4, -0.2) is 18.4 Å². The summed E-state index contributed by atoms with van der Waals surface area (Å²) in [5, 5.41) is 1.00. The van der Waals surface area contributed by atoms with Gasteiger partial charge < -0.3 is 19.6 Å². The number of furan rings is 1. The Kier molecular flexibility index (Phi) is 7.32. The van der Waals surface area contributed by atoms with Crippen LogP contribution < -0.4 is 10.5 Å². The standard InChI is InChI=1S/C29H29NO5/c1-4-33-28(32)14-24-9-8-22(19(3)31)13-27(24)34-17-21-11-25-18(2)16-35-29(25)26(12-21)23-7-5-6-20(10-23)15-30/h5-13,16H,4,14-15,17,30H2,1-3H3. The number of hydrogen-bond acceptors (Lipinski definition) is 6. The fourth-order valence-electron chi connectivity index (χ4n) is 4.07. The number of fused-ring (bicyclic) bond motifs is 1. The number of carbonyl (C=O) groups is 2. The zero-order valence-corrected chi connectivity index (χ0v) is 20.2. The second kappa shape index (κ2) is 10.6. The minimum atomic E-state index is -0.342. The van der Waals surface area contributed by atoms with E-state index in [4.69, 9.17) is 19.6 Å². The zero-order chi connectivity index (χ0) is 24.9. The van der Waals surface area contributed by atoms with Crippen molar-refractivity contribution in [2.75, 3.05) is 6.61 Å². The third-order valence-corrected chi connectivity index (χ3v) is 5.91. The Balaban J connectivity index is 1.70. The van der Waals surface area contributed by atoms with Gasteiger partial charge in [0.05, 0.1) is 19.3 Å². The Bertz CT molecular complexity index is 1390. The molecule has 4 aromatic rings. The molecule has 0 bridgehead atoms. The number of ether oxygens (including phenoxy) is 2. The summed E-state index contributed by atoms with van der Waals surface area (Å²) in [5.41, 5.74) is 12.8. The lowest BCUT2D eigenvalue weighted by Crippen LogP contribution is -2.10. The van der Waals surface area contributed by atoms with Crippen LogP contribution in [-0.2, 0) is 29.1 Å². The summed E-state index contributed by atoms with van der Waals surface area (Å²) >= 11 is 0. The van der Waals surface area contributed by atoms with Gasteiger partial charge in [0, 0.05) is 28.6 Å². The van der Waals surface area contributed by atoms with E-state index in [-0.39, 0.29) is 24.8 Å². The van der Waals surface area contributed by atoms with E-state index in [2.05, 4.69) is 6.07 Å². The molecule has 0 radical (unpaired) electrons. The smallest absolute Gasteiger partial charge is 0.310 e. The van der Waals surface area contributed by atoms with Crippen molar-refractivity contribution < 1.29 is 23.5 Å². The van der Waals surface area contributed by atoms with Crippen molar-refractivity contribution in [3.63, 3.8) is 0 Å². The average molecular weight is 472 g/mol. The average Bonchev–Trinajstić information content (AvgIpc) is 3.23. The quantitative estimate of drug-likeness (QED) is 0.247. The second-order valence-corrected chi connectivity index (χ2v) is 8.49. The van der Waals surface area contributed by atoms with E-state index in [0.717, 1.165) is 38.8 Å². The van der Waals surface area contributed by atoms with Crippen LogP contribution in [0.5, 0.6) is 5.75 Å². The molecule has 2 N–H and O–H groups in total.